The van der Waals surface area contributed by atoms with Gasteiger partial charge in [0.2, 0.25) is 11.8 Å². The van der Waals surface area contributed by atoms with E-state index in [0.29, 0.717) is 13.1 Å². The Kier molecular flexibility index (Phi) is 4.79. The molecule has 1 aliphatic rings. The van der Waals surface area contributed by atoms with E-state index in [-0.39, 0.29) is 12.3 Å². The number of primary amides is 1. The van der Waals surface area contributed by atoms with Gasteiger partial charge in [-0.05, 0) is 23.3 Å². The first-order valence-corrected chi connectivity index (χ1v) is 8.10. The maximum Gasteiger partial charge on any atom is 0.232 e. The highest BCUT2D eigenvalue weighted by Crippen LogP contribution is 2.23. The number of nitrogens with two attached hydrogens (primary N) is 1. The Hall–Kier alpha value is -2.82. The Morgan fingerprint density at radius 1 is 0.833 bits per heavy atom. The molecule has 3 rings (SSSR count). The summed E-state index contributed by atoms with van der Waals surface area (Å²) in [6, 6.07) is 18.7. The van der Waals surface area contributed by atoms with Crippen LogP contribution in [-0.4, -0.2) is 42.9 Å². The molecule has 1 heterocycles. The number of nitrogens with zero attached hydrogens (tertiary/aromatic N) is 2. The number of hydrogen-bond acceptors (Lipinski definition) is 3. The summed E-state index contributed by atoms with van der Waals surface area (Å²) >= 11 is 0. The van der Waals surface area contributed by atoms with Crippen LogP contribution in [0, 0.1) is 0 Å². The lowest BCUT2D eigenvalue weighted by atomic mass is 10.1. The van der Waals surface area contributed by atoms with Crippen molar-refractivity contribution in [1.82, 2.24) is 4.90 Å². The van der Waals surface area contributed by atoms with Crippen LogP contribution in [0.1, 0.15) is 6.42 Å². The Morgan fingerprint density at radius 3 is 2.00 bits per heavy atom. The lowest BCUT2D eigenvalue weighted by Gasteiger charge is -2.36. The molecule has 0 saturated carbocycles. The van der Waals surface area contributed by atoms with Gasteiger partial charge >= 0.3 is 0 Å². The number of hydrogen-bond donors (Lipinski definition) is 1. The predicted molar refractivity (Wildman–Crippen MR) is 94.5 cm³/mol. The second kappa shape index (κ2) is 7.17. The van der Waals surface area contributed by atoms with E-state index in [2.05, 4.69) is 41.3 Å². The molecule has 0 bridgehead atoms. The number of rotatable bonds is 4. The van der Waals surface area contributed by atoms with Gasteiger partial charge in [-0.25, -0.2) is 0 Å². The van der Waals surface area contributed by atoms with Crippen LogP contribution < -0.4 is 10.6 Å². The molecule has 24 heavy (non-hydrogen) atoms. The van der Waals surface area contributed by atoms with Gasteiger partial charge in [-0.15, -0.1) is 0 Å². The first-order valence-electron chi connectivity index (χ1n) is 8.10. The smallest absolute Gasteiger partial charge is 0.232 e. The molecule has 0 unspecified atom stereocenters. The van der Waals surface area contributed by atoms with E-state index in [1.54, 1.807) is 4.90 Å². The zero-order chi connectivity index (χ0) is 16.9. The maximum atomic E-state index is 11.9. The predicted octanol–water partition coefficient (Wildman–Crippen LogP) is 1.88. The van der Waals surface area contributed by atoms with Gasteiger partial charge in [-0.2, -0.15) is 0 Å². The molecule has 124 valence electrons. The average molecular weight is 323 g/mol. The lowest BCUT2D eigenvalue weighted by Crippen LogP contribution is -2.49. The van der Waals surface area contributed by atoms with Crippen LogP contribution in [-0.2, 0) is 9.59 Å². The van der Waals surface area contributed by atoms with Crippen molar-refractivity contribution >= 4 is 17.5 Å². The Labute approximate surface area is 141 Å². The van der Waals surface area contributed by atoms with Crippen LogP contribution in [0.3, 0.4) is 0 Å². The van der Waals surface area contributed by atoms with E-state index >= 15 is 0 Å². The minimum absolute atomic E-state index is 0.179. The first kappa shape index (κ1) is 16.1. The van der Waals surface area contributed by atoms with Gasteiger partial charge in [0.25, 0.3) is 0 Å². The second-order valence-corrected chi connectivity index (χ2v) is 5.92. The van der Waals surface area contributed by atoms with Crippen LogP contribution in [0.4, 0.5) is 5.69 Å². The molecule has 0 spiro atoms. The van der Waals surface area contributed by atoms with Gasteiger partial charge in [0, 0.05) is 31.9 Å². The number of benzene rings is 2. The van der Waals surface area contributed by atoms with Gasteiger partial charge in [0.15, 0.2) is 0 Å². The van der Waals surface area contributed by atoms with E-state index < -0.39 is 5.91 Å². The maximum absolute atomic E-state index is 11.9. The molecule has 0 radical (unpaired) electrons. The molecule has 2 N–H and O–H groups in total. The summed E-state index contributed by atoms with van der Waals surface area (Å²) in [6.45, 7) is 2.75. The summed E-state index contributed by atoms with van der Waals surface area (Å²) < 4.78 is 0. The molecule has 5 heteroatoms. The molecule has 0 aliphatic carbocycles. The van der Waals surface area contributed by atoms with Crippen molar-refractivity contribution in [3.63, 3.8) is 0 Å². The summed E-state index contributed by atoms with van der Waals surface area (Å²) in [5.74, 6) is -0.750. The van der Waals surface area contributed by atoms with Gasteiger partial charge in [0.05, 0.1) is 0 Å². The van der Waals surface area contributed by atoms with Crippen LogP contribution in [0.25, 0.3) is 11.1 Å². The molecule has 0 aromatic heterocycles. The molecule has 1 aliphatic heterocycles. The van der Waals surface area contributed by atoms with Crippen LogP contribution in [0.2, 0.25) is 0 Å². The molecule has 1 saturated heterocycles. The third-order valence-corrected chi connectivity index (χ3v) is 4.30. The Balaban J connectivity index is 1.61. The number of amides is 2. The zero-order valence-electron chi connectivity index (χ0n) is 13.5. The van der Waals surface area contributed by atoms with Gasteiger partial charge in [-0.3, -0.25) is 9.59 Å². The van der Waals surface area contributed by atoms with Crippen molar-refractivity contribution < 1.29 is 9.59 Å². The normalized spacial score (nSPS) is 14.5. The fraction of sp³-hybridized carbons (Fsp3) is 0.263. The van der Waals surface area contributed by atoms with E-state index in [4.69, 9.17) is 5.73 Å². The molecule has 5 nitrogen and oxygen atoms in total. The molecule has 2 aromatic carbocycles. The summed E-state index contributed by atoms with van der Waals surface area (Å²) in [4.78, 5) is 26.7. The first-order chi connectivity index (χ1) is 11.6. The highest BCUT2D eigenvalue weighted by atomic mass is 16.2. The average Bonchev–Trinajstić information content (AvgIpc) is 2.62. The van der Waals surface area contributed by atoms with Crippen LogP contribution in [0.15, 0.2) is 54.6 Å². The monoisotopic (exact) mass is 323 g/mol. The lowest BCUT2D eigenvalue weighted by molar-refractivity contribution is -0.135. The molecule has 1 fully saturated rings. The Bertz CT molecular complexity index is 705. The Morgan fingerprint density at radius 2 is 1.42 bits per heavy atom. The van der Waals surface area contributed by atoms with Gasteiger partial charge in [-0.1, -0.05) is 42.5 Å². The summed E-state index contributed by atoms with van der Waals surface area (Å²) in [7, 11) is 0. The van der Waals surface area contributed by atoms with Crippen molar-refractivity contribution in [2.24, 2.45) is 5.73 Å². The van der Waals surface area contributed by atoms with E-state index in [1.807, 2.05) is 18.2 Å². The zero-order valence-corrected chi connectivity index (χ0v) is 13.5. The quantitative estimate of drug-likeness (QED) is 0.874. The van der Waals surface area contributed by atoms with Crippen molar-refractivity contribution in [1.29, 1.82) is 0 Å². The highest BCUT2D eigenvalue weighted by molar-refractivity contribution is 5.96. The standard InChI is InChI=1S/C19H21N3O2/c20-18(23)14-19(24)22-12-10-21(11-13-22)17-8-6-16(7-9-17)15-4-2-1-3-5-15/h1-9H,10-14H2,(H2,20,23). The molecule has 0 atom stereocenters. The van der Waals surface area contributed by atoms with Crippen LogP contribution >= 0.6 is 0 Å². The molecular weight excluding hydrogens is 302 g/mol. The number of anilines is 1. The van der Waals surface area contributed by atoms with E-state index in [0.717, 1.165) is 18.8 Å². The highest BCUT2D eigenvalue weighted by Gasteiger charge is 2.22. The summed E-state index contributed by atoms with van der Waals surface area (Å²) in [6.07, 6.45) is -0.203. The largest absolute Gasteiger partial charge is 0.369 e. The summed E-state index contributed by atoms with van der Waals surface area (Å²) in [5.41, 5.74) is 8.62. The van der Waals surface area contributed by atoms with E-state index in [1.165, 1.54) is 11.1 Å². The van der Waals surface area contributed by atoms with Crippen molar-refractivity contribution in [2.45, 2.75) is 6.42 Å². The SMILES string of the molecule is NC(=O)CC(=O)N1CCN(c2ccc(-c3ccccc3)cc2)CC1. The van der Waals surface area contributed by atoms with Crippen molar-refractivity contribution in [3.05, 3.63) is 54.6 Å². The topological polar surface area (TPSA) is 66.6 Å². The van der Waals surface area contributed by atoms with E-state index in [9.17, 15) is 9.59 Å². The van der Waals surface area contributed by atoms with Crippen molar-refractivity contribution in [3.8, 4) is 11.1 Å². The summed E-state index contributed by atoms with van der Waals surface area (Å²) in [5, 5.41) is 0. The molecular formula is C19H21N3O2. The van der Waals surface area contributed by atoms with Crippen LogP contribution in [0.5, 0.6) is 0 Å². The third-order valence-electron chi connectivity index (χ3n) is 4.30. The van der Waals surface area contributed by atoms with Gasteiger partial charge in [0.1, 0.15) is 6.42 Å². The van der Waals surface area contributed by atoms with Gasteiger partial charge < -0.3 is 15.5 Å². The minimum Gasteiger partial charge on any atom is -0.369 e. The third kappa shape index (κ3) is 3.74. The molecule has 2 amide bonds. The second-order valence-electron chi connectivity index (χ2n) is 5.92. The number of piperazine rings is 1. The number of carbonyl (C=O) groups is 2. The molecule has 2 aromatic rings. The number of carbonyl (C=O) groups excluding carboxylic acids is 2. The fourth-order valence-corrected chi connectivity index (χ4v) is 2.97. The van der Waals surface area contributed by atoms with Crippen molar-refractivity contribution in [2.75, 3.05) is 31.1 Å². The fourth-order valence-electron chi connectivity index (χ4n) is 2.97. The minimum atomic E-state index is -0.570.